The Balaban J connectivity index is 1.37. The van der Waals surface area contributed by atoms with Gasteiger partial charge in [0.2, 0.25) is 10.0 Å². The van der Waals surface area contributed by atoms with Gasteiger partial charge in [0.25, 0.3) is 0 Å². The minimum Gasteiger partial charge on any atom is -0.464 e. The summed E-state index contributed by atoms with van der Waals surface area (Å²) in [5, 5.41) is 15.0. The Hall–Kier alpha value is -3.73. The number of fused-ring (bicyclic) bond motifs is 2. The molecule has 2 amide bonds. The Morgan fingerprint density at radius 2 is 1.88 bits per heavy atom. The molecule has 2 N–H and O–H groups in total. The summed E-state index contributed by atoms with van der Waals surface area (Å²) in [6.07, 6.45) is -1.01. The Morgan fingerprint density at radius 3 is 2.61 bits per heavy atom. The van der Waals surface area contributed by atoms with E-state index in [9.17, 15) is 23.1 Å². The van der Waals surface area contributed by atoms with Crippen LogP contribution in [-0.2, 0) is 46.7 Å². The van der Waals surface area contributed by atoms with Gasteiger partial charge in [-0.15, -0.1) is 0 Å². The maximum Gasteiger partial charge on any atom is 0.410 e. The number of sulfonamides is 1. The van der Waals surface area contributed by atoms with Crippen molar-refractivity contribution in [2.75, 3.05) is 53.2 Å². The molecule has 15 heteroatoms. The van der Waals surface area contributed by atoms with Gasteiger partial charge in [-0.3, -0.25) is 0 Å². The van der Waals surface area contributed by atoms with Gasteiger partial charge in [0, 0.05) is 37.7 Å². The number of hydrogen-bond donors (Lipinski definition) is 2. The number of methoxy groups -OCH3 is 1. The number of hydrogen-bond acceptors (Lipinski definition) is 11. The van der Waals surface area contributed by atoms with Crippen molar-refractivity contribution in [2.24, 2.45) is 11.8 Å². The van der Waals surface area contributed by atoms with E-state index in [0.29, 0.717) is 29.6 Å². The summed E-state index contributed by atoms with van der Waals surface area (Å²) in [5.41, 5.74) is 1.88. The number of aliphatic hydroxyl groups is 1. The second kappa shape index (κ2) is 17.7. The number of aliphatic hydroxyl groups excluding tert-OH is 1. The van der Waals surface area contributed by atoms with E-state index in [1.807, 2.05) is 44.2 Å². The van der Waals surface area contributed by atoms with E-state index in [2.05, 4.69) is 5.32 Å². The minimum absolute atomic E-state index is 0.00775. The highest BCUT2D eigenvalue weighted by atomic mass is 32.2. The molecule has 2 fully saturated rings. The fourth-order valence-electron chi connectivity index (χ4n) is 6.39. The molecule has 2 aromatic carbocycles. The lowest BCUT2D eigenvalue weighted by Gasteiger charge is -2.31. The van der Waals surface area contributed by atoms with Crippen LogP contribution in [0.15, 0.2) is 64.1 Å². The molecule has 0 radical (unpaired) electrons. The number of nitrogens with zero attached hydrogens (tertiary/aromatic N) is 2. The van der Waals surface area contributed by atoms with Crippen LogP contribution < -0.4 is 5.32 Å². The lowest BCUT2D eigenvalue weighted by Crippen LogP contribution is -2.51. The number of alkyl carbamates (subject to hydrolysis) is 1. The van der Waals surface area contributed by atoms with Crippen LogP contribution >= 0.6 is 0 Å². The van der Waals surface area contributed by atoms with E-state index >= 15 is 0 Å². The van der Waals surface area contributed by atoms with Crippen molar-refractivity contribution in [1.82, 2.24) is 14.5 Å². The van der Waals surface area contributed by atoms with Crippen molar-refractivity contribution in [3.8, 4) is 0 Å². The summed E-state index contributed by atoms with van der Waals surface area (Å²) < 4.78 is 62.8. The second-order valence-electron chi connectivity index (χ2n) is 13.2. The molecule has 2 aliphatic rings. The molecule has 1 aromatic heterocycles. The van der Waals surface area contributed by atoms with Crippen LogP contribution in [0.2, 0.25) is 0 Å². The maximum absolute atomic E-state index is 14.3. The van der Waals surface area contributed by atoms with Gasteiger partial charge >= 0.3 is 12.2 Å². The highest BCUT2D eigenvalue weighted by Crippen LogP contribution is 2.33. The molecule has 14 nitrogen and oxygen atoms in total. The maximum atomic E-state index is 14.3. The summed E-state index contributed by atoms with van der Waals surface area (Å²) in [4.78, 5) is 27.3. The van der Waals surface area contributed by atoms with Crippen molar-refractivity contribution in [3.05, 3.63) is 65.9 Å². The number of rotatable bonds is 17. The van der Waals surface area contributed by atoms with Gasteiger partial charge in [0.05, 0.1) is 62.2 Å². The Morgan fingerprint density at radius 1 is 1.10 bits per heavy atom. The lowest BCUT2D eigenvalue weighted by molar-refractivity contribution is -0.0907. The minimum atomic E-state index is -4.18. The normalized spacial score (nSPS) is 20.0. The third-order valence-electron chi connectivity index (χ3n) is 8.98. The van der Waals surface area contributed by atoms with E-state index in [1.165, 1.54) is 34.7 Å². The fraction of sp³-hybridized carbons (Fsp3) is 0.556. The second-order valence-corrected chi connectivity index (χ2v) is 15.2. The zero-order chi connectivity index (χ0) is 36.5. The SMILES string of the molecule is CCOC(=O)N(CCOC)Cc1coc2ccc(S(=O)(=O)N(CC(C)C)C[C@@H](O)[C@H](Cc3ccccc3)NC(=O)O[C@H]3CO[C@H]4OCC[C@H]43)cc12. The average Bonchev–Trinajstić information content (AvgIpc) is 3.84. The first kappa shape index (κ1) is 38.5. The summed E-state index contributed by atoms with van der Waals surface area (Å²) in [6, 6.07) is 13.0. The molecule has 3 heterocycles. The summed E-state index contributed by atoms with van der Waals surface area (Å²) in [7, 11) is -2.64. The number of furan rings is 1. The van der Waals surface area contributed by atoms with Crippen LogP contribution in [0.1, 0.15) is 38.3 Å². The molecule has 2 saturated heterocycles. The van der Waals surface area contributed by atoms with Gasteiger partial charge in [-0.2, -0.15) is 4.31 Å². The molecule has 0 bridgehead atoms. The highest BCUT2D eigenvalue weighted by Gasteiger charge is 2.44. The van der Waals surface area contributed by atoms with E-state index in [4.69, 9.17) is 28.1 Å². The standard InChI is InChI=1S/C36H49N3O11S/c1-5-46-36(42)38(14-16-45-4)20-26-22-48-32-12-11-27(18-29(26)32)51(43,44)39(19-24(2)3)21-31(40)30(17-25-9-7-6-8-10-25)37-35(41)50-33-23-49-34-28(33)13-15-47-34/h6-12,18,22,24,28,30-31,33-34,40H,5,13-17,19-21,23H2,1-4H3,(H,37,41)/t28-,30-,31+,33-,34+/m0/s1. The van der Waals surface area contributed by atoms with Crippen molar-refractivity contribution < 1.29 is 51.2 Å². The third kappa shape index (κ3) is 9.78. The Labute approximate surface area is 298 Å². The molecular formula is C36H49N3O11S. The molecule has 0 spiro atoms. The zero-order valence-corrected chi connectivity index (χ0v) is 30.4. The largest absolute Gasteiger partial charge is 0.464 e. The van der Waals surface area contributed by atoms with Gasteiger partial charge < -0.3 is 43.4 Å². The van der Waals surface area contributed by atoms with Crippen LogP contribution in [0.3, 0.4) is 0 Å². The predicted octanol–water partition coefficient (Wildman–Crippen LogP) is 4.14. The highest BCUT2D eigenvalue weighted by molar-refractivity contribution is 7.89. The van der Waals surface area contributed by atoms with Gasteiger partial charge in [0.1, 0.15) is 11.7 Å². The molecule has 2 aliphatic heterocycles. The van der Waals surface area contributed by atoms with Crippen LogP contribution in [0.25, 0.3) is 11.0 Å². The van der Waals surface area contributed by atoms with E-state index in [-0.39, 0.29) is 69.2 Å². The van der Waals surface area contributed by atoms with E-state index in [0.717, 1.165) is 5.56 Å². The summed E-state index contributed by atoms with van der Waals surface area (Å²) >= 11 is 0. The molecule has 51 heavy (non-hydrogen) atoms. The smallest absolute Gasteiger partial charge is 0.410 e. The molecule has 0 unspecified atom stereocenters. The topological polar surface area (TPSA) is 166 Å². The number of carbonyl (C=O) groups excluding carboxylic acids is 2. The summed E-state index contributed by atoms with van der Waals surface area (Å²) in [5.74, 6) is -0.153. The van der Waals surface area contributed by atoms with Gasteiger partial charge in [-0.05, 0) is 49.4 Å². The molecular weight excluding hydrogens is 682 g/mol. The zero-order valence-electron chi connectivity index (χ0n) is 29.6. The van der Waals surface area contributed by atoms with Gasteiger partial charge in [0.15, 0.2) is 6.29 Å². The van der Waals surface area contributed by atoms with Crippen LogP contribution in [0, 0.1) is 11.8 Å². The Kier molecular flexibility index (Phi) is 13.3. The number of ether oxygens (including phenoxy) is 5. The first-order valence-electron chi connectivity index (χ1n) is 17.3. The molecule has 0 saturated carbocycles. The monoisotopic (exact) mass is 731 g/mol. The number of nitrogens with one attached hydrogen (secondary N) is 1. The van der Waals surface area contributed by atoms with Crippen molar-refractivity contribution in [1.29, 1.82) is 0 Å². The molecule has 280 valence electrons. The molecule has 0 aliphatic carbocycles. The molecule has 5 rings (SSSR count). The van der Waals surface area contributed by atoms with Crippen LogP contribution in [0.5, 0.6) is 0 Å². The van der Waals surface area contributed by atoms with Crippen molar-refractivity contribution in [2.45, 2.75) is 69.6 Å². The Bertz CT molecular complexity index is 1700. The number of amides is 2. The molecule has 3 aromatic rings. The lowest BCUT2D eigenvalue weighted by atomic mass is 10.0. The molecule has 5 atom stereocenters. The first-order chi connectivity index (χ1) is 24.5. The predicted molar refractivity (Wildman–Crippen MR) is 186 cm³/mol. The summed E-state index contributed by atoms with van der Waals surface area (Å²) in [6.45, 7) is 6.89. The van der Waals surface area contributed by atoms with Crippen molar-refractivity contribution in [3.63, 3.8) is 0 Å². The van der Waals surface area contributed by atoms with Crippen molar-refractivity contribution >= 4 is 33.2 Å². The van der Waals surface area contributed by atoms with Gasteiger partial charge in [-0.25, -0.2) is 18.0 Å². The van der Waals surface area contributed by atoms with Crippen LogP contribution in [-0.4, -0.2) is 113 Å². The first-order valence-corrected chi connectivity index (χ1v) is 18.8. The average molecular weight is 732 g/mol. The fourth-order valence-corrected chi connectivity index (χ4v) is 8.03. The third-order valence-corrected chi connectivity index (χ3v) is 10.8. The van der Waals surface area contributed by atoms with Crippen LogP contribution in [0.4, 0.5) is 9.59 Å². The number of benzene rings is 2. The van der Waals surface area contributed by atoms with E-state index < -0.39 is 46.7 Å². The van der Waals surface area contributed by atoms with E-state index in [1.54, 1.807) is 13.0 Å². The van der Waals surface area contributed by atoms with Gasteiger partial charge in [-0.1, -0.05) is 44.2 Å². The quantitative estimate of drug-likeness (QED) is 0.205. The number of carbonyl (C=O) groups is 2.